The number of aromatic nitrogens is 1. The predicted octanol–water partition coefficient (Wildman–Crippen LogP) is 3.95. The first-order valence-corrected chi connectivity index (χ1v) is 5.89. The SMILES string of the molecule is Cc1nc(-c2ccccc2)sc1C(C)N=O. The Labute approximate surface area is 98.1 Å². The van der Waals surface area contributed by atoms with Crippen LogP contribution in [0.25, 0.3) is 10.6 Å². The fourth-order valence-electron chi connectivity index (χ4n) is 1.55. The lowest BCUT2D eigenvalue weighted by molar-refractivity contribution is 0.818. The zero-order valence-corrected chi connectivity index (χ0v) is 9.99. The fourth-order valence-corrected chi connectivity index (χ4v) is 2.60. The maximum atomic E-state index is 10.5. The number of benzene rings is 1. The molecule has 0 bridgehead atoms. The number of rotatable bonds is 3. The summed E-state index contributed by atoms with van der Waals surface area (Å²) in [5.41, 5.74) is 1.98. The van der Waals surface area contributed by atoms with Crippen LogP contribution in [0.2, 0.25) is 0 Å². The molecule has 1 atom stereocenters. The Morgan fingerprint density at radius 2 is 2.00 bits per heavy atom. The van der Waals surface area contributed by atoms with Crippen LogP contribution >= 0.6 is 11.3 Å². The molecule has 0 amide bonds. The van der Waals surface area contributed by atoms with Gasteiger partial charge in [-0.2, -0.15) is 4.91 Å². The molecule has 0 N–H and O–H groups in total. The Hall–Kier alpha value is -1.55. The molecule has 0 aliphatic rings. The van der Waals surface area contributed by atoms with Crippen LogP contribution in [0.1, 0.15) is 23.5 Å². The van der Waals surface area contributed by atoms with Crippen molar-refractivity contribution in [2.45, 2.75) is 19.9 Å². The van der Waals surface area contributed by atoms with Gasteiger partial charge in [0.05, 0.1) is 10.6 Å². The molecule has 4 heteroatoms. The predicted molar refractivity (Wildman–Crippen MR) is 66.5 cm³/mol. The molecule has 0 fully saturated rings. The van der Waals surface area contributed by atoms with Crippen molar-refractivity contribution in [1.29, 1.82) is 0 Å². The zero-order chi connectivity index (χ0) is 11.5. The van der Waals surface area contributed by atoms with Gasteiger partial charge in [0, 0.05) is 5.56 Å². The molecular weight excluding hydrogens is 220 g/mol. The molecule has 1 heterocycles. The average Bonchev–Trinajstić information content (AvgIpc) is 2.71. The van der Waals surface area contributed by atoms with Gasteiger partial charge in [0.15, 0.2) is 0 Å². The van der Waals surface area contributed by atoms with Gasteiger partial charge in [0.2, 0.25) is 0 Å². The first kappa shape index (κ1) is 11.0. The summed E-state index contributed by atoms with van der Waals surface area (Å²) in [5.74, 6) is 0. The molecular formula is C12H12N2OS. The number of nitrogens with zero attached hydrogens (tertiary/aromatic N) is 2. The normalized spacial score (nSPS) is 12.4. The topological polar surface area (TPSA) is 42.3 Å². The van der Waals surface area contributed by atoms with Gasteiger partial charge in [-0.3, -0.25) is 0 Å². The van der Waals surface area contributed by atoms with E-state index in [0.717, 1.165) is 21.1 Å². The summed E-state index contributed by atoms with van der Waals surface area (Å²) in [5, 5.41) is 3.99. The van der Waals surface area contributed by atoms with Crippen molar-refractivity contribution in [1.82, 2.24) is 4.98 Å². The van der Waals surface area contributed by atoms with E-state index in [1.165, 1.54) is 0 Å². The zero-order valence-electron chi connectivity index (χ0n) is 9.18. The number of hydrogen-bond acceptors (Lipinski definition) is 4. The lowest BCUT2D eigenvalue weighted by Gasteiger charge is -1.97. The minimum Gasteiger partial charge on any atom is -0.241 e. The lowest BCUT2D eigenvalue weighted by atomic mass is 10.2. The van der Waals surface area contributed by atoms with Crippen molar-refractivity contribution >= 4 is 11.3 Å². The molecule has 0 spiro atoms. The van der Waals surface area contributed by atoms with E-state index in [0.29, 0.717) is 0 Å². The van der Waals surface area contributed by atoms with Crippen molar-refractivity contribution in [2.24, 2.45) is 5.18 Å². The van der Waals surface area contributed by atoms with Crippen molar-refractivity contribution in [3.63, 3.8) is 0 Å². The second-order valence-corrected chi connectivity index (χ2v) is 4.65. The quantitative estimate of drug-likeness (QED) is 0.752. The van der Waals surface area contributed by atoms with Gasteiger partial charge in [-0.05, 0) is 13.8 Å². The first-order chi connectivity index (χ1) is 7.72. The maximum absolute atomic E-state index is 10.5. The summed E-state index contributed by atoms with van der Waals surface area (Å²) in [7, 11) is 0. The summed E-state index contributed by atoms with van der Waals surface area (Å²) >= 11 is 1.54. The van der Waals surface area contributed by atoms with Gasteiger partial charge >= 0.3 is 0 Å². The van der Waals surface area contributed by atoms with Crippen LogP contribution in [0.3, 0.4) is 0 Å². The van der Waals surface area contributed by atoms with E-state index in [1.807, 2.05) is 37.3 Å². The van der Waals surface area contributed by atoms with E-state index in [2.05, 4.69) is 10.2 Å². The van der Waals surface area contributed by atoms with Crippen LogP contribution in [0.5, 0.6) is 0 Å². The van der Waals surface area contributed by atoms with E-state index in [1.54, 1.807) is 18.3 Å². The summed E-state index contributed by atoms with van der Waals surface area (Å²) in [4.78, 5) is 16.0. The average molecular weight is 232 g/mol. The van der Waals surface area contributed by atoms with Crippen LogP contribution in [0, 0.1) is 11.8 Å². The Morgan fingerprint density at radius 3 is 2.62 bits per heavy atom. The molecule has 1 aromatic carbocycles. The van der Waals surface area contributed by atoms with Crippen molar-refractivity contribution in [2.75, 3.05) is 0 Å². The van der Waals surface area contributed by atoms with E-state index in [-0.39, 0.29) is 6.04 Å². The molecule has 3 nitrogen and oxygen atoms in total. The number of aryl methyl sites for hydroxylation is 1. The van der Waals surface area contributed by atoms with E-state index >= 15 is 0 Å². The molecule has 2 aromatic rings. The number of hydrogen-bond donors (Lipinski definition) is 0. The molecule has 16 heavy (non-hydrogen) atoms. The molecule has 82 valence electrons. The molecule has 0 saturated carbocycles. The van der Waals surface area contributed by atoms with Gasteiger partial charge in [-0.1, -0.05) is 35.5 Å². The van der Waals surface area contributed by atoms with Crippen molar-refractivity contribution in [3.8, 4) is 10.6 Å². The summed E-state index contributed by atoms with van der Waals surface area (Å²) < 4.78 is 0. The van der Waals surface area contributed by atoms with Gasteiger partial charge in [-0.15, -0.1) is 11.3 Å². The maximum Gasteiger partial charge on any atom is 0.125 e. The summed E-state index contributed by atoms with van der Waals surface area (Å²) in [6.07, 6.45) is 0. The first-order valence-electron chi connectivity index (χ1n) is 5.07. The standard InChI is InChI=1S/C12H12N2OS/c1-8-11(9(2)14-15)16-12(13-8)10-6-4-3-5-7-10/h3-7,9H,1-2H3. The van der Waals surface area contributed by atoms with Crippen LogP contribution in [0.4, 0.5) is 0 Å². The van der Waals surface area contributed by atoms with Gasteiger partial charge in [0.1, 0.15) is 11.0 Å². The third-order valence-electron chi connectivity index (χ3n) is 2.39. The molecule has 0 radical (unpaired) electrons. The Balaban J connectivity index is 2.42. The molecule has 1 aromatic heterocycles. The Morgan fingerprint density at radius 1 is 1.31 bits per heavy atom. The van der Waals surface area contributed by atoms with E-state index in [9.17, 15) is 4.91 Å². The van der Waals surface area contributed by atoms with Crippen LogP contribution in [-0.2, 0) is 0 Å². The lowest BCUT2D eigenvalue weighted by Crippen LogP contribution is -1.86. The minimum absolute atomic E-state index is 0.310. The highest BCUT2D eigenvalue weighted by Gasteiger charge is 2.15. The van der Waals surface area contributed by atoms with Gasteiger partial charge in [0.25, 0.3) is 0 Å². The molecule has 0 aliphatic carbocycles. The summed E-state index contributed by atoms with van der Waals surface area (Å²) in [6, 6.07) is 9.65. The molecule has 1 unspecified atom stereocenters. The Bertz CT molecular complexity index is 493. The number of nitroso groups, excluding NO2 is 1. The van der Waals surface area contributed by atoms with E-state index < -0.39 is 0 Å². The van der Waals surface area contributed by atoms with Crippen molar-refractivity contribution in [3.05, 3.63) is 45.8 Å². The highest BCUT2D eigenvalue weighted by Crippen LogP contribution is 2.32. The van der Waals surface area contributed by atoms with Gasteiger partial charge in [-0.25, -0.2) is 4.98 Å². The smallest absolute Gasteiger partial charge is 0.125 e. The number of thiazole rings is 1. The second-order valence-electron chi connectivity index (χ2n) is 3.62. The van der Waals surface area contributed by atoms with Crippen LogP contribution in [0.15, 0.2) is 35.5 Å². The third kappa shape index (κ3) is 2.02. The fraction of sp³-hybridized carbons (Fsp3) is 0.250. The second kappa shape index (κ2) is 4.53. The molecule has 2 rings (SSSR count). The van der Waals surface area contributed by atoms with Crippen LogP contribution in [-0.4, -0.2) is 4.98 Å². The highest BCUT2D eigenvalue weighted by molar-refractivity contribution is 7.15. The Kier molecular flexibility index (Phi) is 3.10. The van der Waals surface area contributed by atoms with E-state index in [4.69, 9.17) is 0 Å². The largest absolute Gasteiger partial charge is 0.241 e. The van der Waals surface area contributed by atoms with Crippen LogP contribution < -0.4 is 0 Å². The highest BCUT2D eigenvalue weighted by atomic mass is 32.1. The summed E-state index contributed by atoms with van der Waals surface area (Å²) in [6.45, 7) is 3.71. The third-order valence-corrected chi connectivity index (χ3v) is 3.77. The molecule has 0 saturated heterocycles. The minimum atomic E-state index is -0.310. The van der Waals surface area contributed by atoms with Gasteiger partial charge < -0.3 is 0 Å². The molecule has 0 aliphatic heterocycles. The van der Waals surface area contributed by atoms with Crippen molar-refractivity contribution < 1.29 is 0 Å². The monoisotopic (exact) mass is 232 g/mol.